The molecule has 1 aliphatic rings. The largest absolute Gasteiger partial charge is 0.530 e. The molecule has 4 nitrogen and oxygen atoms in total. The second-order valence-corrected chi connectivity index (χ2v) is 2.44. The third-order valence-electron chi connectivity index (χ3n) is 1.71. The summed E-state index contributed by atoms with van der Waals surface area (Å²) in [5, 5.41) is 19.3. The van der Waals surface area contributed by atoms with Crippen LogP contribution in [-0.2, 0) is 0 Å². The lowest BCUT2D eigenvalue weighted by Crippen LogP contribution is -2.49. The van der Waals surface area contributed by atoms with Gasteiger partial charge in [0.25, 0.3) is 0 Å². The highest BCUT2D eigenvalue weighted by Gasteiger charge is 2.18. The number of nitrogens with zero attached hydrogens (tertiary/aromatic N) is 1. The van der Waals surface area contributed by atoms with Gasteiger partial charge in [0.15, 0.2) is 0 Å². The van der Waals surface area contributed by atoms with Crippen LogP contribution in [0.25, 0.3) is 0 Å². The summed E-state index contributed by atoms with van der Waals surface area (Å²) in [7, 11) is 0. The van der Waals surface area contributed by atoms with Crippen LogP contribution in [0.1, 0.15) is 19.3 Å². The Kier molecular flexibility index (Phi) is 2.11. The number of likely N-dealkylation sites (tertiary alicyclic amines) is 1. The van der Waals surface area contributed by atoms with E-state index in [-0.39, 0.29) is 0 Å². The second-order valence-electron chi connectivity index (χ2n) is 2.44. The van der Waals surface area contributed by atoms with E-state index in [1.54, 1.807) is 0 Å². The maximum absolute atomic E-state index is 10.2. The van der Waals surface area contributed by atoms with Crippen LogP contribution in [0, 0.1) is 0 Å². The van der Waals surface area contributed by atoms with Crippen molar-refractivity contribution in [1.82, 2.24) is 4.90 Å². The van der Waals surface area contributed by atoms with E-state index in [0.717, 1.165) is 17.7 Å². The summed E-state index contributed by atoms with van der Waals surface area (Å²) in [6, 6.07) is 0. The monoisotopic (exact) mass is 144 g/mol. The van der Waals surface area contributed by atoms with E-state index >= 15 is 0 Å². The van der Waals surface area contributed by atoms with E-state index in [1.807, 2.05) is 0 Å². The molecular formula is C6H10NO3-. The quantitative estimate of drug-likeness (QED) is 0.481. The normalized spacial score (nSPS) is 26.5. The molecule has 0 spiro atoms. The molecule has 0 aromatic heterocycles. The molecule has 1 aliphatic heterocycles. The number of hydrogen-bond acceptors (Lipinski definition) is 3. The fraction of sp³-hybridized carbons (Fsp3) is 0.833. The molecular weight excluding hydrogens is 134 g/mol. The van der Waals surface area contributed by atoms with Crippen LogP contribution in [0.4, 0.5) is 4.79 Å². The molecule has 0 bridgehead atoms. The smallest absolute Gasteiger partial charge is 0.139 e. The molecule has 0 aromatic carbocycles. The number of carboxylic acid groups (broad SMARTS) is 1. The first-order chi connectivity index (χ1) is 4.72. The van der Waals surface area contributed by atoms with Crippen LogP contribution in [0.5, 0.6) is 0 Å². The van der Waals surface area contributed by atoms with Crippen molar-refractivity contribution in [2.24, 2.45) is 0 Å². The van der Waals surface area contributed by atoms with Crippen LogP contribution in [0.2, 0.25) is 0 Å². The third kappa shape index (κ3) is 1.39. The predicted molar refractivity (Wildman–Crippen MR) is 32.0 cm³/mol. The average Bonchev–Trinajstić information content (AvgIpc) is 1.88. The number of aliphatic hydroxyl groups excluding tert-OH is 1. The Morgan fingerprint density at radius 2 is 2.30 bits per heavy atom. The highest BCUT2D eigenvalue weighted by molar-refractivity contribution is 5.62. The molecule has 1 fully saturated rings. The van der Waals surface area contributed by atoms with Crippen LogP contribution in [0.3, 0.4) is 0 Å². The predicted octanol–water partition coefficient (Wildman–Crippen LogP) is -0.866. The lowest BCUT2D eigenvalue weighted by Gasteiger charge is -2.33. The summed E-state index contributed by atoms with van der Waals surface area (Å²) in [6.07, 6.45) is 0.148. The van der Waals surface area contributed by atoms with Gasteiger partial charge < -0.3 is 19.9 Å². The van der Waals surface area contributed by atoms with Crippen molar-refractivity contribution in [2.75, 3.05) is 6.54 Å². The van der Waals surface area contributed by atoms with E-state index in [0.29, 0.717) is 13.0 Å². The lowest BCUT2D eigenvalue weighted by atomic mass is 10.1. The molecule has 4 heteroatoms. The van der Waals surface area contributed by atoms with Gasteiger partial charge in [0, 0.05) is 6.54 Å². The van der Waals surface area contributed by atoms with Crippen LogP contribution in [0.15, 0.2) is 0 Å². The van der Waals surface area contributed by atoms with Crippen molar-refractivity contribution in [3.63, 3.8) is 0 Å². The van der Waals surface area contributed by atoms with Crippen molar-refractivity contribution in [3.05, 3.63) is 0 Å². The fourth-order valence-corrected chi connectivity index (χ4v) is 1.13. The molecule has 1 rings (SSSR count). The number of hydrogen-bond donors (Lipinski definition) is 1. The van der Waals surface area contributed by atoms with Gasteiger partial charge in [0.2, 0.25) is 0 Å². The van der Waals surface area contributed by atoms with Gasteiger partial charge in [0.05, 0.1) is 0 Å². The molecule has 58 valence electrons. The van der Waals surface area contributed by atoms with Gasteiger partial charge in [-0.15, -0.1) is 0 Å². The Balaban J connectivity index is 2.47. The molecule has 0 aromatic rings. The second kappa shape index (κ2) is 2.88. The Labute approximate surface area is 59.1 Å². The average molecular weight is 144 g/mol. The van der Waals surface area contributed by atoms with E-state index in [1.165, 1.54) is 0 Å². The first kappa shape index (κ1) is 7.34. The van der Waals surface area contributed by atoms with E-state index in [4.69, 9.17) is 5.11 Å². The number of rotatable bonds is 0. The van der Waals surface area contributed by atoms with Crippen LogP contribution >= 0.6 is 0 Å². The van der Waals surface area contributed by atoms with Gasteiger partial charge in [-0.2, -0.15) is 0 Å². The maximum Gasteiger partial charge on any atom is 0.139 e. The number of amides is 1. The van der Waals surface area contributed by atoms with E-state index in [9.17, 15) is 9.90 Å². The summed E-state index contributed by atoms with van der Waals surface area (Å²) < 4.78 is 0. The maximum atomic E-state index is 10.2. The van der Waals surface area contributed by atoms with E-state index in [2.05, 4.69) is 0 Å². The standard InChI is InChI=1S/C6H11NO3/c8-5-3-1-2-4-7(5)6(9)10/h5,8H,1-4H2,(H,9,10)/p-1. The topological polar surface area (TPSA) is 63.6 Å². The highest BCUT2D eigenvalue weighted by Crippen LogP contribution is 2.13. The van der Waals surface area contributed by atoms with Gasteiger partial charge in [-0.25, -0.2) is 0 Å². The van der Waals surface area contributed by atoms with Crippen molar-refractivity contribution < 1.29 is 15.0 Å². The van der Waals surface area contributed by atoms with Crippen LogP contribution in [-0.4, -0.2) is 28.9 Å². The first-order valence-electron chi connectivity index (χ1n) is 3.37. The minimum atomic E-state index is -1.27. The summed E-state index contributed by atoms with van der Waals surface area (Å²) >= 11 is 0. The molecule has 1 amide bonds. The Morgan fingerprint density at radius 1 is 1.60 bits per heavy atom. The summed E-state index contributed by atoms with van der Waals surface area (Å²) in [4.78, 5) is 11.2. The molecule has 0 radical (unpaired) electrons. The Morgan fingerprint density at radius 3 is 2.70 bits per heavy atom. The summed E-state index contributed by atoms with van der Waals surface area (Å²) in [6.45, 7) is 0.406. The summed E-state index contributed by atoms with van der Waals surface area (Å²) in [5.74, 6) is 0. The van der Waals surface area contributed by atoms with Gasteiger partial charge in [0.1, 0.15) is 12.3 Å². The number of carbonyl (C=O) groups is 1. The van der Waals surface area contributed by atoms with E-state index < -0.39 is 12.3 Å². The molecule has 1 saturated heterocycles. The number of carbonyl (C=O) groups excluding carboxylic acids is 1. The Hall–Kier alpha value is -0.770. The highest BCUT2D eigenvalue weighted by atomic mass is 16.4. The fourth-order valence-electron chi connectivity index (χ4n) is 1.13. The van der Waals surface area contributed by atoms with Crippen LogP contribution < -0.4 is 5.11 Å². The Bertz CT molecular complexity index is 137. The van der Waals surface area contributed by atoms with Crippen molar-refractivity contribution in [3.8, 4) is 0 Å². The molecule has 0 saturated carbocycles. The number of aliphatic hydroxyl groups is 1. The zero-order valence-corrected chi connectivity index (χ0v) is 5.62. The molecule has 1 N–H and O–H groups in total. The third-order valence-corrected chi connectivity index (χ3v) is 1.71. The van der Waals surface area contributed by atoms with Gasteiger partial charge in [-0.3, -0.25) is 0 Å². The lowest BCUT2D eigenvalue weighted by molar-refractivity contribution is -0.275. The minimum Gasteiger partial charge on any atom is -0.530 e. The van der Waals surface area contributed by atoms with Crippen molar-refractivity contribution >= 4 is 6.09 Å². The van der Waals surface area contributed by atoms with Gasteiger partial charge in [-0.1, -0.05) is 0 Å². The molecule has 1 atom stereocenters. The summed E-state index contributed by atoms with van der Waals surface area (Å²) in [5.41, 5.74) is 0. The zero-order valence-electron chi connectivity index (χ0n) is 5.62. The molecule has 1 unspecified atom stereocenters. The molecule has 10 heavy (non-hydrogen) atoms. The number of piperidine rings is 1. The molecule has 0 aliphatic carbocycles. The van der Waals surface area contributed by atoms with Gasteiger partial charge >= 0.3 is 0 Å². The van der Waals surface area contributed by atoms with Crippen molar-refractivity contribution in [2.45, 2.75) is 25.5 Å². The minimum absolute atomic E-state index is 0.406. The van der Waals surface area contributed by atoms with Crippen molar-refractivity contribution in [1.29, 1.82) is 0 Å². The van der Waals surface area contributed by atoms with Gasteiger partial charge in [-0.05, 0) is 19.3 Å². The SMILES string of the molecule is O=C([O-])N1CCCCC1O. The zero-order chi connectivity index (χ0) is 7.56. The molecule has 1 heterocycles. The first-order valence-corrected chi connectivity index (χ1v) is 3.37.